The number of aldehydes is 1. The summed E-state index contributed by atoms with van der Waals surface area (Å²) in [7, 11) is 3.92. The van der Waals surface area contributed by atoms with E-state index in [0.29, 0.717) is 0 Å². The molecule has 2 unspecified atom stereocenters. The quantitative estimate of drug-likeness (QED) is 0.381. The van der Waals surface area contributed by atoms with Crippen molar-refractivity contribution in [2.24, 2.45) is 0 Å². The van der Waals surface area contributed by atoms with Crippen molar-refractivity contribution in [2.45, 2.75) is 12.2 Å². The van der Waals surface area contributed by atoms with Crippen LogP contribution in [0.4, 0.5) is 0 Å². The van der Waals surface area contributed by atoms with Crippen LogP contribution in [0.5, 0.6) is 0 Å². The van der Waals surface area contributed by atoms with E-state index in [1.54, 1.807) is 0 Å². The minimum absolute atomic E-state index is 0.118. The number of rotatable bonds is 3. The van der Waals surface area contributed by atoms with Gasteiger partial charge in [0, 0.05) is 6.54 Å². The van der Waals surface area contributed by atoms with Crippen molar-refractivity contribution in [3.8, 4) is 0 Å². The van der Waals surface area contributed by atoms with Crippen molar-refractivity contribution in [1.82, 2.24) is 4.90 Å². The van der Waals surface area contributed by atoms with Gasteiger partial charge in [0.2, 0.25) is 0 Å². The fraction of sp³-hybridized carbons (Fsp3) is 0.833. The molecule has 3 nitrogen and oxygen atoms in total. The smallest absolute Gasteiger partial charge is 0.151 e. The monoisotopic (exact) mass is 129 g/mol. The first-order chi connectivity index (χ1) is 4.24. The topological polar surface area (TPSA) is 32.8 Å². The number of hydrogen-bond donors (Lipinski definition) is 0. The zero-order valence-corrected chi connectivity index (χ0v) is 5.70. The summed E-state index contributed by atoms with van der Waals surface area (Å²) in [4.78, 5) is 12.0. The highest BCUT2D eigenvalue weighted by Gasteiger charge is 2.38. The molecule has 1 saturated heterocycles. The van der Waals surface area contributed by atoms with E-state index in [4.69, 9.17) is 4.74 Å². The van der Waals surface area contributed by atoms with Gasteiger partial charge in [0.05, 0.1) is 0 Å². The molecule has 3 heteroatoms. The van der Waals surface area contributed by atoms with Gasteiger partial charge in [-0.05, 0) is 14.1 Å². The van der Waals surface area contributed by atoms with Crippen LogP contribution < -0.4 is 0 Å². The van der Waals surface area contributed by atoms with Gasteiger partial charge in [0.1, 0.15) is 12.2 Å². The Morgan fingerprint density at radius 1 is 1.67 bits per heavy atom. The summed E-state index contributed by atoms with van der Waals surface area (Å²) in [6, 6.07) is 0. The second kappa shape index (κ2) is 2.45. The van der Waals surface area contributed by atoms with Crippen molar-refractivity contribution in [1.29, 1.82) is 0 Å². The lowest BCUT2D eigenvalue weighted by atomic mass is 10.3. The molecule has 1 aliphatic rings. The molecule has 0 N–H and O–H groups in total. The fourth-order valence-corrected chi connectivity index (χ4v) is 0.783. The summed E-state index contributed by atoms with van der Waals surface area (Å²) >= 11 is 0. The average Bonchev–Trinajstić information content (AvgIpc) is 2.45. The van der Waals surface area contributed by atoms with E-state index in [0.717, 1.165) is 12.8 Å². The van der Waals surface area contributed by atoms with Gasteiger partial charge >= 0.3 is 0 Å². The predicted octanol–water partition coefficient (Wildman–Crippen LogP) is -0.486. The van der Waals surface area contributed by atoms with Gasteiger partial charge in [-0.3, -0.25) is 0 Å². The first-order valence-electron chi connectivity index (χ1n) is 2.99. The molecule has 0 bridgehead atoms. The van der Waals surface area contributed by atoms with Crippen LogP contribution in [0, 0.1) is 0 Å². The molecule has 0 saturated carbocycles. The maximum Gasteiger partial charge on any atom is 0.151 e. The lowest BCUT2D eigenvalue weighted by molar-refractivity contribution is -0.108. The molecule has 52 valence electrons. The fourth-order valence-electron chi connectivity index (χ4n) is 0.783. The van der Waals surface area contributed by atoms with Crippen LogP contribution in [0.2, 0.25) is 0 Å². The molecule has 1 fully saturated rings. The zero-order chi connectivity index (χ0) is 6.85. The molecular weight excluding hydrogens is 118 g/mol. The standard InChI is InChI=1S/C6H11NO2/c1-7(2)3-5-6(4-8)9-5/h4-6H,3H2,1-2H3. The largest absolute Gasteiger partial charge is 0.360 e. The number of carbonyl (C=O) groups is 1. The van der Waals surface area contributed by atoms with Crippen LogP contribution in [-0.2, 0) is 9.53 Å². The second-order valence-corrected chi connectivity index (χ2v) is 2.54. The molecule has 2 atom stereocenters. The molecule has 0 amide bonds. The molecule has 1 aliphatic heterocycles. The molecule has 1 heterocycles. The van der Waals surface area contributed by atoms with Crippen LogP contribution in [0.25, 0.3) is 0 Å². The van der Waals surface area contributed by atoms with Crippen LogP contribution >= 0.6 is 0 Å². The average molecular weight is 129 g/mol. The highest BCUT2D eigenvalue weighted by Crippen LogP contribution is 2.19. The van der Waals surface area contributed by atoms with Gasteiger partial charge in [-0.1, -0.05) is 0 Å². The highest BCUT2D eigenvalue weighted by atomic mass is 16.6. The van der Waals surface area contributed by atoms with E-state index >= 15 is 0 Å². The minimum atomic E-state index is -0.118. The molecule has 0 aliphatic carbocycles. The van der Waals surface area contributed by atoms with Crippen LogP contribution in [0.3, 0.4) is 0 Å². The number of carbonyl (C=O) groups excluding carboxylic acids is 1. The Bertz CT molecular complexity index is 114. The molecular formula is C6H11NO2. The van der Waals surface area contributed by atoms with Gasteiger partial charge in [-0.25, -0.2) is 0 Å². The second-order valence-electron chi connectivity index (χ2n) is 2.54. The van der Waals surface area contributed by atoms with Crippen LogP contribution in [-0.4, -0.2) is 44.0 Å². The van der Waals surface area contributed by atoms with Crippen molar-refractivity contribution in [3.05, 3.63) is 0 Å². The Labute approximate surface area is 54.6 Å². The van der Waals surface area contributed by atoms with E-state index < -0.39 is 0 Å². The summed E-state index contributed by atoms with van der Waals surface area (Å²) < 4.78 is 4.97. The Morgan fingerprint density at radius 3 is 2.67 bits per heavy atom. The summed E-state index contributed by atoms with van der Waals surface area (Å²) in [5.74, 6) is 0. The third-order valence-corrected chi connectivity index (χ3v) is 1.30. The highest BCUT2D eigenvalue weighted by molar-refractivity contribution is 5.60. The number of epoxide rings is 1. The maximum absolute atomic E-state index is 10.0. The lowest BCUT2D eigenvalue weighted by Crippen LogP contribution is -2.19. The Kier molecular flexibility index (Phi) is 1.83. The van der Waals surface area contributed by atoms with Crippen LogP contribution in [0.1, 0.15) is 0 Å². The van der Waals surface area contributed by atoms with Crippen molar-refractivity contribution in [2.75, 3.05) is 20.6 Å². The number of likely N-dealkylation sites (N-methyl/N-ethyl adjacent to an activating group) is 1. The third kappa shape index (κ3) is 1.77. The maximum atomic E-state index is 10.0. The van der Waals surface area contributed by atoms with E-state index in [2.05, 4.69) is 0 Å². The first kappa shape index (κ1) is 6.71. The van der Waals surface area contributed by atoms with Crippen molar-refractivity contribution >= 4 is 6.29 Å². The molecule has 0 aromatic carbocycles. The van der Waals surface area contributed by atoms with Gasteiger partial charge in [0.15, 0.2) is 6.29 Å². The van der Waals surface area contributed by atoms with E-state index in [1.807, 2.05) is 19.0 Å². The summed E-state index contributed by atoms with van der Waals surface area (Å²) in [5, 5.41) is 0. The molecule has 0 aromatic heterocycles. The van der Waals surface area contributed by atoms with Crippen molar-refractivity contribution in [3.63, 3.8) is 0 Å². The van der Waals surface area contributed by atoms with Gasteiger partial charge in [-0.15, -0.1) is 0 Å². The number of nitrogens with zero attached hydrogens (tertiary/aromatic N) is 1. The minimum Gasteiger partial charge on any atom is -0.360 e. The third-order valence-electron chi connectivity index (χ3n) is 1.30. The summed E-state index contributed by atoms with van der Waals surface area (Å²) in [6.45, 7) is 0.851. The summed E-state index contributed by atoms with van der Waals surface area (Å²) in [5.41, 5.74) is 0. The normalized spacial score (nSPS) is 32.8. The Hall–Kier alpha value is -0.410. The van der Waals surface area contributed by atoms with Crippen molar-refractivity contribution < 1.29 is 9.53 Å². The Morgan fingerprint density at radius 2 is 2.33 bits per heavy atom. The van der Waals surface area contributed by atoms with E-state index in [1.165, 1.54) is 0 Å². The molecule has 0 aromatic rings. The number of hydrogen-bond acceptors (Lipinski definition) is 3. The SMILES string of the molecule is CN(C)CC1OC1C=O. The van der Waals surface area contributed by atoms with Gasteiger partial charge in [0.25, 0.3) is 0 Å². The molecule has 1 rings (SSSR count). The zero-order valence-electron chi connectivity index (χ0n) is 5.70. The van der Waals surface area contributed by atoms with Crippen LogP contribution in [0.15, 0.2) is 0 Å². The predicted molar refractivity (Wildman–Crippen MR) is 33.3 cm³/mol. The van der Waals surface area contributed by atoms with E-state index in [-0.39, 0.29) is 12.2 Å². The number of ether oxygens (including phenoxy) is 1. The molecule has 0 spiro atoms. The van der Waals surface area contributed by atoms with E-state index in [9.17, 15) is 4.79 Å². The van der Waals surface area contributed by atoms with Gasteiger partial charge < -0.3 is 14.4 Å². The first-order valence-corrected chi connectivity index (χ1v) is 2.99. The summed E-state index contributed by atoms with van der Waals surface area (Å²) in [6.07, 6.45) is 0.902. The lowest BCUT2D eigenvalue weighted by Gasteiger charge is -2.04. The molecule has 9 heavy (non-hydrogen) atoms. The molecule has 0 radical (unpaired) electrons. The van der Waals surface area contributed by atoms with Gasteiger partial charge in [-0.2, -0.15) is 0 Å². The Balaban J connectivity index is 2.12.